The molecule has 3 rings (SSSR count). The van der Waals surface area contributed by atoms with Gasteiger partial charge in [0.05, 0.1) is 38.3 Å². The lowest BCUT2D eigenvalue weighted by atomic mass is 9.67. The van der Waals surface area contributed by atoms with Crippen molar-refractivity contribution in [3.8, 4) is 5.75 Å². The van der Waals surface area contributed by atoms with Crippen LogP contribution in [-0.2, 0) is 19.1 Å². The summed E-state index contributed by atoms with van der Waals surface area (Å²) >= 11 is 0. The second-order valence-corrected chi connectivity index (χ2v) is 7.54. The van der Waals surface area contributed by atoms with E-state index in [1.54, 1.807) is 7.11 Å². The monoisotopic (exact) mass is 424 g/mol. The fraction of sp³-hybridized carbons (Fsp3) is 0.375. The van der Waals surface area contributed by atoms with Gasteiger partial charge in [-0.2, -0.15) is 0 Å². The van der Waals surface area contributed by atoms with E-state index in [2.05, 4.69) is 11.0 Å². The average Bonchev–Trinajstić information content (AvgIpc) is 3.20. The van der Waals surface area contributed by atoms with Gasteiger partial charge in [0.1, 0.15) is 5.75 Å². The molecule has 2 atom stereocenters. The normalized spacial score (nSPS) is 24.5. The summed E-state index contributed by atoms with van der Waals surface area (Å²) in [5.74, 6) is -0.234. The molecule has 0 saturated carbocycles. The standard InChI is InChI=1S/C24H28N2O5/c1-6-24(12-10-20(27)30-4)15-19(23(28)31-5)21(18-11-13-26(2)22(18)24)25-16-8-7-9-17(14-16)29-3/h7-12,14-15,22H,6,13H2,1-5H3/b12-10+,25-21?/t22?,24-/m0/s1. The highest BCUT2D eigenvalue weighted by molar-refractivity contribution is 6.28. The van der Waals surface area contributed by atoms with Gasteiger partial charge < -0.3 is 14.2 Å². The average molecular weight is 424 g/mol. The minimum Gasteiger partial charge on any atom is -0.497 e. The third kappa shape index (κ3) is 4.32. The Kier molecular flexibility index (Phi) is 6.75. The Bertz CT molecular complexity index is 991. The summed E-state index contributed by atoms with van der Waals surface area (Å²) in [4.78, 5) is 31.7. The number of hydrogen-bond acceptors (Lipinski definition) is 7. The van der Waals surface area contributed by atoms with E-state index >= 15 is 0 Å². The number of rotatable bonds is 6. The van der Waals surface area contributed by atoms with Crippen LogP contribution in [0.2, 0.25) is 0 Å². The first-order valence-corrected chi connectivity index (χ1v) is 10.1. The van der Waals surface area contributed by atoms with Crippen molar-refractivity contribution in [2.45, 2.75) is 19.4 Å². The van der Waals surface area contributed by atoms with Gasteiger partial charge in [-0.05, 0) is 31.2 Å². The Morgan fingerprint density at radius 1 is 1.26 bits per heavy atom. The zero-order chi connectivity index (χ0) is 22.6. The Morgan fingerprint density at radius 2 is 2.03 bits per heavy atom. The van der Waals surface area contributed by atoms with Crippen molar-refractivity contribution in [1.82, 2.24) is 4.90 Å². The Labute approximate surface area is 182 Å². The molecule has 0 fully saturated rings. The number of carbonyl (C=O) groups excluding carboxylic acids is 2. The number of aliphatic imine (C=N–C) groups is 1. The molecule has 0 aromatic heterocycles. The van der Waals surface area contributed by atoms with Crippen LogP contribution in [0, 0.1) is 5.41 Å². The third-order valence-electron chi connectivity index (χ3n) is 5.83. The van der Waals surface area contributed by atoms with Gasteiger partial charge in [-0.15, -0.1) is 0 Å². The van der Waals surface area contributed by atoms with E-state index in [4.69, 9.17) is 19.2 Å². The van der Waals surface area contributed by atoms with E-state index in [1.807, 2.05) is 50.4 Å². The largest absolute Gasteiger partial charge is 0.497 e. The number of hydrogen-bond donors (Lipinski definition) is 0. The minimum atomic E-state index is -0.595. The minimum absolute atomic E-state index is 0.0869. The zero-order valence-corrected chi connectivity index (χ0v) is 18.5. The molecule has 1 aromatic rings. The molecular formula is C24H28N2O5. The van der Waals surface area contributed by atoms with E-state index in [-0.39, 0.29) is 6.04 Å². The Hall–Kier alpha value is -3.19. The van der Waals surface area contributed by atoms with Crippen molar-refractivity contribution in [1.29, 1.82) is 0 Å². The maximum Gasteiger partial charge on any atom is 0.339 e. The molecule has 0 radical (unpaired) electrons. The summed E-state index contributed by atoms with van der Waals surface area (Å²) in [6, 6.07) is 7.28. The van der Waals surface area contributed by atoms with Gasteiger partial charge in [0.2, 0.25) is 0 Å². The van der Waals surface area contributed by atoms with E-state index in [9.17, 15) is 9.59 Å². The summed E-state index contributed by atoms with van der Waals surface area (Å²) in [7, 11) is 6.31. The maximum absolute atomic E-state index is 12.8. The quantitative estimate of drug-likeness (QED) is 0.515. The summed E-state index contributed by atoms with van der Waals surface area (Å²) in [6.45, 7) is 2.73. The molecule has 0 amide bonds. The molecule has 1 unspecified atom stereocenters. The van der Waals surface area contributed by atoms with Gasteiger partial charge in [-0.25, -0.2) is 14.6 Å². The highest BCUT2D eigenvalue weighted by atomic mass is 16.5. The highest BCUT2D eigenvalue weighted by Gasteiger charge is 2.47. The van der Waals surface area contributed by atoms with Gasteiger partial charge in [0.15, 0.2) is 0 Å². The van der Waals surface area contributed by atoms with Crippen LogP contribution in [-0.4, -0.2) is 63.5 Å². The SMILES string of the molecule is CC[C@]1(/C=C/C(=O)OC)C=C(C(=O)OC)C(=Nc2cccc(OC)c2)C2=CCN(C)C21. The van der Waals surface area contributed by atoms with E-state index in [0.29, 0.717) is 35.7 Å². The van der Waals surface area contributed by atoms with Crippen molar-refractivity contribution < 1.29 is 23.8 Å². The van der Waals surface area contributed by atoms with Crippen molar-refractivity contribution in [3.05, 3.63) is 59.7 Å². The molecule has 2 aliphatic rings. The molecule has 1 aliphatic carbocycles. The molecule has 164 valence electrons. The van der Waals surface area contributed by atoms with Crippen LogP contribution >= 0.6 is 0 Å². The van der Waals surface area contributed by atoms with Gasteiger partial charge in [-0.3, -0.25) is 4.90 Å². The summed E-state index contributed by atoms with van der Waals surface area (Å²) < 4.78 is 15.2. The van der Waals surface area contributed by atoms with Crippen LogP contribution in [0.3, 0.4) is 0 Å². The first-order chi connectivity index (χ1) is 14.9. The molecule has 7 heteroatoms. The fourth-order valence-corrected chi connectivity index (χ4v) is 4.24. The zero-order valence-electron chi connectivity index (χ0n) is 18.5. The van der Waals surface area contributed by atoms with Gasteiger partial charge >= 0.3 is 11.9 Å². The number of fused-ring (bicyclic) bond motifs is 1. The van der Waals surface area contributed by atoms with Crippen molar-refractivity contribution in [3.63, 3.8) is 0 Å². The van der Waals surface area contributed by atoms with Crippen LogP contribution in [0.1, 0.15) is 13.3 Å². The number of likely N-dealkylation sites (N-methyl/N-ethyl adjacent to an activating group) is 1. The Balaban J connectivity index is 2.22. The number of nitrogens with zero attached hydrogens (tertiary/aromatic N) is 2. The number of ether oxygens (including phenoxy) is 3. The van der Waals surface area contributed by atoms with E-state index in [1.165, 1.54) is 20.3 Å². The molecular weight excluding hydrogens is 396 g/mol. The van der Waals surface area contributed by atoms with Crippen LogP contribution < -0.4 is 4.74 Å². The highest BCUT2D eigenvalue weighted by Crippen LogP contribution is 2.46. The topological polar surface area (TPSA) is 77.4 Å². The lowest BCUT2D eigenvalue weighted by Gasteiger charge is -2.42. The van der Waals surface area contributed by atoms with Gasteiger partial charge in [0, 0.05) is 30.1 Å². The van der Waals surface area contributed by atoms with E-state index in [0.717, 1.165) is 5.57 Å². The second-order valence-electron chi connectivity index (χ2n) is 7.54. The predicted octanol–water partition coefficient (Wildman–Crippen LogP) is 3.25. The first-order valence-electron chi connectivity index (χ1n) is 10.1. The second kappa shape index (κ2) is 9.31. The number of carbonyl (C=O) groups is 2. The van der Waals surface area contributed by atoms with Crippen LogP contribution in [0.25, 0.3) is 0 Å². The molecule has 1 aliphatic heterocycles. The lowest BCUT2D eigenvalue weighted by molar-refractivity contribution is -0.136. The number of esters is 2. The van der Waals surface area contributed by atoms with Crippen LogP contribution in [0.4, 0.5) is 5.69 Å². The molecule has 31 heavy (non-hydrogen) atoms. The predicted molar refractivity (Wildman–Crippen MR) is 119 cm³/mol. The van der Waals surface area contributed by atoms with Gasteiger partial charge in [0.25, 0.3) is 0 Å². The van der Waals surface area contributed by atoms with E-state index < -0.39 is 17.4 Å². The molecule has 1 aromatic carbocycles. The summed E-state index contributed by atoms with van der Waals surface area (Å²) in [5.41, 5.74) is 1.96. The van der Waals surface area contributed by atoms with Crippen LogP contribution in [0.5, 0.6) is 5.75 Å². The maximum atomic E-state index is 12.8. The Morgan fingerprint density at radius 3 is 2.68 bits per heavy atom. The molecule has 7 nitrogen and oxygen atoms in total. The molecule has 0 bridgehead atoms. The van der Waals surface area contributed by atoms with Crippen molar-refractivity contribution in [2.24, 2.45) is 10.4 Å². The lowest BCUT2D eigenvalue weighted by Crippen LogP contribution is -2.47. The number of benzene rings is 1. The molecule has 0 N–H and O–H groups in total. The molecule has 0 spiro atoms. The third-order valence-corrected chi connectivity index (χ3v) is 5.83. The number of methoxy groups -OCH3 is 3. The smallest absolute Gasteiger partial charge is 0.339 e. The first kappa shape index (κ1) is 22.5. The summed E-state index contributed by atoms with van der Waals surface area (Å²) in [5, 5.41) is 0. The fourth-order valence-electron chi connectivity index (χ4n) is 4.24. The summed E-state index contributed by atoms with van der Waals surface area (Å²) in [6.07, 6.45) is 7.87. The van der Waals surface area contributed by atoms with Crippen molar-refractivity contribution in [2.75, 3.05) is 34.9 Å². The molecule has 1 heterocycles. The van der Waals surface area contributed by atoms with Crippen LogP contribution in [0.15, 0.2) is 64.7 Å². The van der Waals surface area contributed by atoms with Gasteiger partial charge in [-0.1, -0.05) is 31.2 Å². The molecule has 0 saturated heterocycles. The van der Waals surface area contributed by atoms with Crippen molar-refractivity contribution >= 4 is 23.3 Å².